The number of nitrogens with zero attached hydrogens (tertiary/aromatic N) is 3. The first-order valence-electron chi connectivity index (χ1n) is 7.19. The molecule has 0 fully saturated rings. The highest BCUT2D eigenvalue weighted by Gasteiger charge is 2.47. The normalized spacial score (nSPS) is 12.8. The van der Waals surface area contributed by atoms with Crippen molar-refractivity contribution >= 4 is 5.95 Å². The molecule has 3 rings (SSSR count). The van der Waals surface area contributed by atoms with Crippen LogP contribution in [0.25, 0.3) is 11.3 Å². The van der Waals surface area contributed by atoms with E-state index >= 15 is 0 Å². The molecule has 2 aromatic heterocycles. The Morgan fingerprint density at radius 3 is 2.52 bits per heavy atom. The van der Waals surface area contributed by atoms with Crippen LogP contribution in [-0.4, -0.2) is 21.3 Å². The Morgan fingerprint density at radius 1 is 1.16 bits per heavy atom. The summed E-state index contributed by atoms with van der Waals surface area (Å²) in [5, 5.41) is 3.77. The zero-order valence-electron chi connectivity index (χ0n) is 13.0. The van der Waals surface area contributed by atoms with Crippen molar-refractivity contribution in [2.24, 2.45) is 0 Å². The summed E-state index contributed by atoms with van der Waals surface area (Å²) in [4.78, 5) is 7.29. The molecule has 1 unspecified atom stereocenters. The molecule has 0 aliphatic carbocycles. The topological polar surface area (TPSA) is 87.1 Å². The summed E-state index contributed by atoms with van der Waals surface area (Å²) in [5.41, 5.74) is 5.73. The van der Waals surface area contributed by atoms with E-state index in [1.807, 2.05) is 0 Å². The average Bonchev–Trinajstić information content (AvgIpc) is 2.94. The van der Waals surface area contributed by atoms with E-state index in [-0.39, 0.29) is 28.8 Å². The van der Waals surface area contributed by atoms with Crippen molar-refractivity contribution in [2.75, 3.05) is 5.73 Å². The van der Waals surface area contributed by atoms with Gasteiger partial charge in [-0.25, -0.2) is 4.98 Å². The summed E-state index contributed by atoms with van der Waals surface area (Å²) in [6, 6.07) is 9.60. The number of nitrogens with two attached hydrogens (primary N) is 1. The first-order chi connectivity index (χ1) is 11.9. The Labute approximate surface area is 140 Å². The molecule has 1 atom stereocenters. The van der Waals surface area contributed by atoms with Crippen LogP contribution < -0.4 is 10.5 Å². The number of aromatic nitrogens is 3. The second-order valence-corrected chi connectivity index (χ2v) is 5.16. The smallest absolute Gasteiger partial charge is 0.430 e. The van der Waals surface area contributed by atoms with Crippen molar-refractivity contribution in [1.82, 2.24) is 15.1 Å². The van der Waals surface area contributed by atoms with Gasteiger partial charge >= 0.3 is 6.18 Å². The zero-order valence-corrected chi connectivity index (χ0v) is 13.0. The van der Waals surface area contributed by atoms with Crippen LogP contribution >= 0.6 is 0 Å². The van der Waals surface area contributed by atoms with Gasteiger partial charge in [0.05, 0.1) is 5.56 Å². The predicted molar refractivity (Wildman–Crippen MR) is 82.5 cm³/mol. The number of rotatable bonds is 4. The molecular weight excluding hydrogens is 337 g/mol. The summed E-state index contributed by atoms with van der Waals surface area (Å²) >= 11 is 0. The fourth-order valence-electron chi connectivity index (χ4n) is 2.32. The van der Waals surface area contributed by atoms with Crippen molar-refractivity contribution in [2.45, 2.75) is 19.2 Å². The Morgan fingerprint density at radius 2 is 1.88 bits per heavy atom. The Bertz CT molecular complexity index is 865. The standard InChI is InChI=1S/C16H13F3N4O2/c1-9-12(13(23-25-9)10-5-3-2-4-6-10)14(16(17,18)19)24-11-7-8-21-15(20)22-11/h2-8,14H,1H3,(H2,20,21,22). The van der Waals surface area contributed by atoms with Gasteiger partial charge < -0.3 is 15.0 Å². The molecule has 0 saturated carbocycles. The molecule has 130 valence electrons. The number of benzene rings is 1. The molecule has 0 bridgehead atoms. The molecule has 0 radical (unpaired) electrons. The predicted octanol–water partition coefficient (Wildman–Crippen LogP) is 3.70. The lowest BCUT2D eigenvalue weighted by molar-refractivity contribution is -0.198. The Hall–Kier alpha value is -3.10. The number of anilines is 1. The maximum atomic E-state index is 13.7. The van der Waals surface area contributed by atoms with Gasteiger partial charge in [0, 0.05) is 17.8 Å². The van der Waals surface area contributed by atoms with Crippen LogP contribution in [-0.2, 0) is 0 Å². The van der Waals surface area contributed by atoms with E-state index in [1.165, 1.54) is 19.2 Å². The van der Waals surface area contributed by atoms with Gasteiger partial charge in [0.1, 0.15) is 11.5 Å². The van der Waals surface area contributed by atoms with E-state index in [2.05, 4.69) is 15.1 Å². The van der Waals surface area contributed by atoms with E-state index in [4.69, 9.17) is 15.0 Å². The molecule has 0 spiro atoms. The summed E-state index contributed by atoms with van der Waals surface area (Å²) < 4.78 is 51.1. The first kappa shape index (κ1) is 16.7. The number of hydrogen-bond donors (Lipinski definition) is 1. The summed E-state index contributed by atoms with van der Waals surface area (Å²) in [6.45, 7) is 1.39. The summed E-state index contributed by atoms with van der Waals surface area (Å²) in [6.07, 6.45) is -5.83. The lowest BCUT2D eigenvalue weighted by atomic mass is 10.0. The zero-order chi connectivity index (χ0) is 18.0. The highest BCUT2D eigenvalue weighted by Crippen LogP contribution is 2.41. The number of aryl methyl sites for hydroxylation is 1. The first-order valence-corrected chi connectivity index (χ1v) is 7.19. The summed E-state index contributed by atoms with van der Waals surface area (Å²) in [7, 11) is 0. The molecule has 2 N–H and O–H groups in total. The van der Waals surface area contributed by atoms with Crippen LogP contribution in [0, 0.1) is 6.92 Å². The van der Waals surface area contributed by atoms with Crippen LogP contribution in [0.15, 0.2) is 47.1 Å². The van der Waals surface area contributed by atoms with Gasteiger partial charge in [0.15, 0.2) is 0 Å². The quantitative estimate of drug-likeness (QED) is 0.772. The molecule has 0 aliphatic rings. The van der Waals surface area contributed by atoms with Gasteiger partial charge in [0.25, 0.3) is 0 Å². The molecule has 1 aromatic carbocycles. The van der Waals surface area contributed by atoms with Gasteiger partial charge in [-0.15, -0.1) is 0 Å². The van der Waals surface area contributed by atoms with E-state index in [9.17, 15) is 13.2 Å². The minimum atomic E-state index is -4.72. The minimum absolute atomic E-state index is 0.00297. The lowest BCUT2D eigenvalue weighted by Crippen LogP contribution is -2.27. The van der Waals surface area contributed by atoms with Crippen LogP contribution in [0.5, 0.6) is 5.88 Å². The SMILES string of the molecule is Cc1onc(-c2ccccc2)c1C(Oc1ccnc(N)n1)C(F)(F)F. The van der Waals surface area contributed by atoms with Crippen LogP contribution in [0.1, 0.15) is 17.4 Å². The third-order valence-corrected chi connectivity index (χ3v) is 3.40. The lowest BCUT2D eigenvalue weighted by Gasteiger charge is -2.21. The van der Waals surface area contributed by atoms with Gasteiger partial charge in [-0.05, 0) is 6.92 Å². The van der Waals surface area contributed by atoms with E-state index in [0.717, 1.165) is 0 Å². The second-order valence-electron chi connectivity index (χ2n) is 5.16. The largest absolute Gasteiger partial charge is 0.459 e. The molecule has 0 saturated heterocycles. The van der Waals surface area contributed by atoms with Gasteiger partial charge in [-0.2, -0.15) is 18.2 Å². The van der Waals surface area contributed by atoms with Gasteiger partial charge in [0.2, 0.25) is 17.9 Å². The number of ether oxygens (including phenoxy) is 1. The maximum Gasteiger partial charge on any atom is 0.430 e. The number of nitrogen functional groups attached to an aromatic ring is 1. The van der Waals surface area contributed by atoms with E-state index < -0.39 is 12.3 Å². The molecule has 9 heteroatoms. The second kappa shape index (κ2) is 6.42. The Kier molecular flexibility index (Phi) is 4.30. The molecular formula is C16H13F3N4O2. The number of hydrogen-bond acceptors (Lipinski definition) is 6. The molecule has 6 nitrogen and oxygen atoms in total. The van der Waals surface area contributed by atoms with Crippen molar-refractivity contribution in [1.29, 1.82) is 0 Å². The van der Waals surface area contributed by atoms with Crippen molar-refractivity contribution < 1.29 is 22.4 Å². The molecule has 25 heavy (non-hydrogen) atoms. The number of alkyl halides is 3. The van der Waals surface area contributed by atoms with Crippen LogP contribution in [0.3, 0.4) is 0 Å². The fourth-order valence-corrected chi connectivity index (χ4v) is 2.32. The monoisotopic (exact) mass is 350 g/mol. The van der Waals surface area contributed by atoms with Crippen molar-refractivity contribution in [3.63, 3.8) is 0 Å². The maximum absolute atomic E-state index is 13.7. The van der Waals surface area contributed by atoms with Gasteiger partial charge in [-0.3, -0.25) is 0 Å². The molecule has 3 aromatic rings. The van der Waals surface area contributed by atoms with Crippen molar-refractivity contribution in [3.05, 3.63) is 53.9 Å². The van der Waals surface area contributed by atoms with Crippen LogP contribution in [0.4, 0.5) is 19.1 Å². The van der Waals surface area contributed by atoms with E-state index in [0.29, 0.717) is 5.56 Å². The van der Waals surface area contributed by atoms with E-state index in [1.54, 1.807) is 30.3 Å². The number of halogens is 3. The Balaban J connectivity index is 2.08. The van der Waals surface area contributed by atoms with Crippen LogP contribution in [0.2, 0.25) is 0 Å². The summed E-state index contributed by atoms with van der Waals surface area (Å²) in [5.74, 6) is -0.485. The molecule has 0 aliphatic heterocycles. The highest BCUT2D eigenvalue weighted by atomic mass is 19.4. The van der Waals surface area contributed by atoms with Gasteiger partial charge in [-0.1, -0.05) is 35.5 Å². The average molecular weight is 350 g/mol. The molecule has 0 amide bonds. The fraction of sp³-hybridized carbons (Fsp3) is 0.188. The van der Waals surface area contributed by atoms with Crippen molar-refractivity contribution in [3.8, 4) is 17.1 Å². The third-order valence-electron chi connectivity index (χ3n) is 3.40. The molecule has 2 heterocycles. The highest BCUT2D eigenvalue weighted by molar-refractivity contribution is 5.64. The third kappa shape index (κ3) is 3.54. The minimum Gasteiger partial charge on any atom is -0.459 e.